The molecule has 1 aromatic rings. The molecular formula is C15H22N2O6S. The maximum Gasteiger partial charge on any atom is 0.266 e. The molecule has 1 aliphatic heterocycles. The van der Waals surface area contributed by atoms with Gasteiger partial charge in [0.25, 0.3) is 10.1 Å². The SMILES string of the molecule is O=C(CCOc1cccc(O)c1)N1CCN(CCS(=O)(=O)O)CC1. The van der Waals surface area contributed by atoms with Gasteiger partial charge in [-0.25, -0.2) is 0 Å². The van der Waals surface area contributed by atoms with Crippen LogP contribution < -0.4 is 4.74 Å². The van der Waals surface area contributed by atoms with E-state index in [1.165, 1.54) is 6.07 Å². The molecule has 0 spiro atoms. The summed E-state index contributed by atoms with van der Waals surface area (Å²) in [7, 11) is -3.95. The van der Waals surface area contributed by atoms with Gasteiger partial charge in [0.2, 0.25) is 5.91 Å². The molecule has 0 aliphatic carbocycles. The Morgan fingerprint density at radius 1 is 1.21 bits per heavy atom. The van der Waals surface area contributed by atoms with Gasteiger partial charge in [0, 0.05) is 38.8 Å². The fourth-order valence-electron chi connectivity index (χ4n) is 2.45. The van der Waals surface area contributed by atoms with Crippen molar-refractivity contribution >= 4 is 16.0 Å². The number of phenolic OH excluding ortho intramolecular Hbond substituents is 1. The molecule has 9 heteroatoms. The average molecular weight is 358 g/mol. The summed E-state index contributed by atoms with van der Waals surface area (Å²) < 4.78 is 35.7. The molecule has 2 rings (SSSR count). The topological polar surface area (TPSA) is 107 Å². The van der Waals surface area contributed by atoms with Crippen LogP contribution >= 0.6 is 0 Å². The van der Waals surface area contributed by atoms with Gasteiger partial charge in [-0.05, 0) is 12.1 Å². The van der Waals surface area contributed by atoms with Crippen LogP contribution in [0.4, 0.5) is 0 Å². The number of carbonyl (C=O) groups excluding carboxylic acids is 1. The maximum atomic E-state index is 12.1. The standard InChI is InChI=1S/C15H22N2O6S/c18-13-2-1-3-14(12-13)23-10-4-15(19)17-7-5-16(6-8-17)9-11-24(20,21)22/h1-3,12,18H,4-11H2,(H,20,21,22). The van der Waals surface area contributed by atoms with Gasteiger partial charge in [-0.2, -0.15) is 8.42 Å². The van der Waals surface area contributed by atoms with Gasteiger partial charge in [0.15, 0.2) is 0 Å². The molecule has 0 bridgehead atoms. The largest absolute Gasteiger partial charge is 0.508 e. The number of rotatable bonds is 7. The Bertz CT molecular complexity index is 656. The van der Waals surface area contributed by atoms with Gasteiger partial charge in [-0.3, -0.25) is 14.2 Å². The number of phenols is 1. The smallest absolute Gasteiger partial charge is 0.266 e. The van der Waals surface area contributed by atoms with Crippen molar-refractivity contribution < 1.29 is 27.6 Å². The third-order valence-electron chi connectivity index (χ3n) is 3.79. The van der Waals surface area contributed by atoms with E-state index >= 15 is 0 Å². The van der Waals surface area contributed by atoms with E-state index in [1.54, 1.807) is 23.1 Å². The molecule has 1 aliphatic rings. The molecule has 0 aromatic heterocycles. The highest BCUT2D eigenvalue weighted by atomic mass is 32.2. The Morgan fingerprint density at radius 2 is 1.92 bits per heavy atom. The number of hydrogen-bond donors (Lipinski definition) is 2. The summed E-state index contributed by atoms with van der Waals surface area (Å²) in [5.41, 5.74) is 0. The highest BCUT2D eigenvalue weighted by Gasteiger charge is 2.21. The van der Waals surface area contributed by atoms with Gasteiger partial charge < -0.3 is 14.7 Å². The Kier molecular flexibility index (Phi) is 6.41. The Morgan fingerprint density at radius 3 is 2.54 bits per heavy atom. The van der Waals surface area contributed by atoms with E-state index in [9.17, 15) is 18.3 Å². The average Bonchev–Trinajstić information content (AvgIpc) is 2.53. The van der Waals surface area contributed by atoms with Crippen molar-refractivity contribution in [2.45, 2.75) is 6.42 Å². The fourth-order valence-corrected chi connectivity index (χ4v) is 2.94. The van der Waals surface area contributed by atoms with Gasteiger partial charge in [0.1, 0.15) is 11.5 Å². The van der Waals surface area contributed by atoms with Crippen LogP contribution in [-0.4, -0.2) is 78.9 Å². The van der Waals surface area contributed by atoms with Crippen molar-refractivity contribution in [3.8, 4) is 11.5 Å². The summed E-state index contributed by atoms with van der Waals surface area (Å²) in [6.45, 7) is 2.70. The Balaban J connectivity index is 1.67. The molecule has 1 aromatic carbocycles. The van der Waals surface area contributed by atoms with E-state index in [2.05, 4.69) is 0 Å². The van der Waals surface area contributed by atoms with Crippen molar-refractivity contribution in [2.24, 2.45) is 0 Å². The number of piperazine rings is 1. The van der Waals surface area contributed by atoms with E-state index < -0.39 is 10.1 Å². The Hall–Kier alpha value is -1.84. The number of hydrogen-bond acceptors (Lipinski definition) is 6. The molecule has 0 unspecified atom stereocenters. The van der Waals surface area contributed by atoms with Crippen molar-refractivity contribution in [2.75, 3.05) is 45.1 Å². The van der Waals surface area contributed by atoms with Crippen LogP contribution in [0.1, 0.15) is 6.42 Å². The molecular weight excluding hydrogens is 336 g/mol. The number of amides is 1. The second kappa shape index (κ2) is 8.32. The number of nitrogens with zero attached hydrogens (tertiary/aromatic N) is 2. The van der Waals surface area contributed by atoms with Crippen molar-refractivity contribution in [3.05, 3.63) is 24.3 Å². The lowest BCUT2D eigenvalue weighted by atomic mass is 10.3. The minimum Gasteiger partial charge on any atom is -0.508 e. The highest BCUT2D eigenvalue weighted by Crippen LogP contribution is 2.17. The molecule has 134 valence electrons. The zero-order chi connectivity index (χ0) is 17.6. The quantitative estimate of drug-likeness (QED) is 0.670. The van der Waals surface area contributed by atoms with Gasteiger partial charge in [-0.15, -0.1) is 0 Å². The lowest BCUT2D eigenvalue weighted by Crippen LogP contribution is -2.49. The van der Waals surface area contributed by atoms with Crippen LogP contribution in [0, 0.1) is 0 Å². The minimum absolute atomic E-state index is 0.0235. The first kappa shape index (κ1) is 18.5. The minimum atomic E-state index is -3.95. The lowest BCUT2D eigenvalue weighted by molar-refractivity contribution is -0.133. The van der Waals surface area contributed by atoms with E-state index in [0.717, 1.165) is 0 Å². The summed E-state index contributed by atoms with van der Waals surface area (Å²) in [6, 6.07) is 6.40. The van der Waals surface area contributed by atoms with Crippen LogP contribution in [0.3, 0.4) is 0 Å². The van der Waals surface area contributed by atoms with Crippen molar-refractivity contribution in [1.82, 2.24) is 9.80 Å². The molecule has 2 N–H and O–H groups in total. The number of ether oxygens (including phenoxy) is 1. The molecule has 0 atom stereocenters. The monoisotopic (exact) mass is 358 g/mol. The zero-order valence-corrected chi connectivity index (χ0v) is 14.1. The normalized spacial score (nSPS) is 16.1. The number of benzene rings is 1. The summed E-state index contributed by atoms with van der Waals surface area (Å²) >= 11 is 0. The van der Waals surface area contributed by atoms with E-state index in [1.807, 2.05) is 4.90 Å². The predicted molar refractivity (Wildman–Crippen MR) is 87.7 cm³/mol. The van der Waals surface area contributed by atoms with Gasteiger partial charge in [0.05, 0.1) is 18.8 Å². The first-order valence-electron chi connectivity index (χ1n) is 7.70. The third-order valence-corrected chi connectivity index (χ3v) is 4.49. The molecule has 1 fully saturated rings. The second-order valence-electron chi connectivity index (χ2n) is 5.60. The molecule has 1 saturated heterocycles. The first-order chi connectivity index (χ1) is 11.3. The summed E-state index contributed by atoms with van der Waals surface area (Å²) in [5.74, 6) is 0.306. The van der Waals surface area contributed by atoms with E-state index in [0.29, 0.717) is 31.9 Å². The molecule has 1 heterocycles. The van der Waals surface area contributed by atoms with E-state index in [-0.39, 0.29) is 37.0 Å². The predicted octanol–water partition coefficient (Wildman–Crippen LogP) is 0.193. The number of aromatic hydroxyl groups is 1. The van der Waals surface area contributed by atoms with Crippen LogP contribution in [0.25, 0.3) is 0 Å². The molecule has 24 heavy (non-hydrogen) atoms. The van der Waals surface area contributed by atoms with Crippen LogP contribution in [0.2, 0.25) is 0 Å². The second-order valence-corrected chi connectivity index (χ2v) is 7.18. The highest BCUT2D eigenvalue weighted by molar-refractivity contribution is 7.85. The van der Waals surface area contributed by atoms with Crippen molar-refractivity contribution in [3.63, 3.8) is 0 Å². The van der Waals surface area contributed by atoms with Gasteiger partial charge in [-0.1, -0.05) is 6.07 Å². The summed E-state index contributed by atoms with van der Waals surface area (Å²) in [5, 5.41) is 9.33. The Labute approximate surface area is 141 Å². The number of carbonyl (C=O) groups is 1. The lowest BCUT2D eigenvalue weighted by Gasteiger charge is -2.34. The fraction of sp³-hybridized carbons (Fsp3) is 0.533. The first-order valence-corrected chi connectivity index (χ1v) is 9.31. The molecule has 8 nitrogen and oxygen atoms in total. The van der Waals surface area contributed by atoms with Crippen LogP contribution in [0.15, 0.2) is 24.3 Å². The third kappa shape index (κ3) is 6.34. The van der Waals surface area contributed by atoms with Gasteiger partial charge >= 0.3 is 0 Å². The molecule has 1 amide bonds. The molecule has 0 radical (unpaired) electrons. The van der Waals surface area contributed by atoms with Crippen LogP contribution in [0.5, 0.6) is 11.5 Å². The maximum absolute atomic E-state index is 12.1. The summed E-state index contributed by atoms with van der Waals surface area (Å²) in [6.07, 6.45) is 0.237. The summed E-state index contributed by atoms with van der Waals surface area (Å²) in [4.78, 5) is 15.7. The molecule has 0 saturated carbocycles. The van der Waals surface area contributed by atoms with Crippen molar-refractivity contribution in [1.29, 1.82) is 0 Å². The zero-order valence-electron chi connectivity index (χ0n) is 13.3. The van der Waals surface area contributed by atoms with E-state index in [4.69, 9.17) is 9.29 Å². The van der Waals surface area contributed by atoms with Crippen LogP contribution in [-0.2, 0) is 14.9 Å².